The molecule has 0 radical (unpaired) electrons. The van der Waals surface area contributed by atoms with Gasteiger partial charge in [-0.25, -0.2) is 8.42 Å². The van der Waals surface area contributed by atoms with Gasteiger partial charge in [-0.1, -0.05) is 42.5 Å². The van der Waals surface area contributed by atoms with Gasteiger partial charge in [-0.15, -0.1) is 0 Å². The minimum absolute atomic E-state index is 0.105. The van der Waals surface area contributed by atoms with Gasteiger partial charge in [0.2, 0.25) is 15.3 Å². The molecule has 1 unspecified atom stereocenters. The highest BCUT2D eigenvalue weighted by molar-refractivity contribution is 7.92. The Bertz CT molecular complexity index is 1030. The number of hydrogen-bond acceptors (Lipinski definition) is 5. The molecule has 0 saturated carbocycles. The van der Waals surface area contributed by atoms with Crippen LogP contribution in [0.15, 0.2) is 59.5 Å². The fraction of sp³-hybridized carbons (Fsp3) is 0.300. The van der Waals surface area contributed by atoms with Crippen LogP contribution in [0.2, 0.25) is 0 Å². The lowest BCUT2D eigenvalue weighted by Gasteiger charge is -2.33. The minimum atomic E-state index is -5.37. The van der Waals surface area contributed by atoms with Gasteiger partial charge < -0.3 is 4.74 Å². The molecule has 3 rings (SSSR count). The number of sulfone groups is 1. The molecule has 2 aromatic carbocycles. The van der Waals surface area contributed by atoms with Crippen LogP contribution in [0.1, 0.15) is 29.8 Å². The summed E-state index contributed by atoms with van der Waals surface area (Å²) in [5.74, 6) is -2.80. The number of rotatable bonds is 5. The Labute approximate surface area is 161 Å². The molecule has 0 amide bonds. The number of alkyl halides is 2. The van der Waals surface area contributed by atoms with Crippen LogP contribution in [-0.2, 0) is 25.8 Å². The normalized spacial score (nSPS) is 19.5. The first-order chi connectivity index (χ1) is 13.1. The number of fused-ring (bicyclic) bond motifs is 1. The van der Waals surface area contributed by atoms with Crippen molar-refractivity contribution in [1.29, 1.82) is 0 Å². The second kappa shape index (κ2) is 6.77. The van der Waals surface area contributed by atoms with E-state index in [0.717, 1.165) is 12.1 Å². The van der Waals surface area contributed by atoms with Gasteiger partial charge in [-0.2, -0.15) is 8.78 Å². The SMILES string of the molecule is CC(C)OC(=O)C1(C(F)(F)S(=O)(=O)c2ccccc2)Cc2ccccc2C1=O. The van der Waals surface area contributed by atoms with Crippen LogP contribution < -0.4 is 0 Å². The molecule has 28 heavy (non-hydrogen) atoms. The average Bonchev–Trinajstić information content (AvgIpc) is 2.96. The number of esters is 1. The zero-order valence-corrected chi connectivity index (χ0v) is 16.0. The smallest absolute Gasteiger partial charge is 0.373 e. The molecular weight excluding hydrogens is 390 g/mol. The largest absolute Gasteiger partial charge is 0.462 e. The van der Waals surface area contributed by atoms with E-state index in [1.165, 1.54) is 56.3 Å². The van der Waals surface area contributed by atoms with E-state index in [2.05, 4.69) is 0 Å². The van der Waals surface area contributed by atoms with E-state index < -0.39 is 49.7 Å². The maximum absolute atomic E-state index is 15.7. The van der Waals surface area contributed by atoms with Crippen LogP contribution in [0.4, 0.5) is 8.78 Å². The summed E-state index contributed by atoms with van der Waals surface area (Å²) in [6.07, 6.45) is -1.57. The molecule has 148 valence electrons. The van der Waals surface area contributed by atoms with Gasteiger partial charge >= 0.3 is 11.2 Å². The summed E-state index contributed by atoms with van der Waals surface area (Å²) in [6.45, 7) is 2.87. The topological polar surface area (TPSA) is 77.5 Å². The second-order valence-corrected chi connectivity index (χ2v) is 8.85. The second-order valence-electron chi connectivity index (χ2n) is 6.86. The Morgan fingerprint density at radius 2 is 1.64 bits per heavy atom. The summed E-state index contributed by atoms with van der Waals surface area (Å²) in [7, 11) is -5.37. The molecule has 0 saturated heterocycles. The lowest BCUT2D eigenvalue weighted by molar-refractivity contribution is -0.168. The molecule has 8 heteroatoms. The predicted molar refractivity (Wildman–Crippen MR) is 96.7 cm³/mol. The molecule has 1 atom stereocenters. The van der Waals surface area contributed by atoms with Crippen LogP contribution in [0.5, 0.6) is 0 Å². The van der Waals surface area contributed by atoms with E-state index in [4.69, 9.17) is 4.74 Å². The van der Waals surface area contributed by atoms with Crippen LogP contribution in [0, 0.1) is 5.41 Å². The van der Waals surface area contributed by atoms with E-state index in [9.17, 15) is 18.0 Å². The summed E-state index contributed by atoms with van der Waals surface area (Å²) in [4.78, 5) is 25.1. The molecule has 1 aliphatic carbocycles. The summed E-state index contributed by atoms with van der Waals surface area (Å²) < 4.78 is 61.9. The average molecular weight is 408 g/mol. The van der Waals surface area contributed by atoms with Gasteiger partial charge in [0.1, 0.15) is 0 Å². The summed E-state index contributed by atoms with van der Waals surface area (Å²) in [5.41, 5.74) is -3.11. The van der Waals surface area contributed by atoms with E-state index in [-0.39, 0.29) is 11.1 Å². The maximum Gasteiger partial charge on any atom is 0.373 e. The first-order valence-electron chi connectivity index (χ1n) is 8.57. The number of carbonyl (C=O) groups is 2. The molecule has 5 nitrogen and oxygen atoms in total. The molecule has 0 aromatic heterocycles. The molecule has 0 bridgehead atoms. The van der Waals surface area contributed by atoms with Gasteiger partial charge in [-0.05, 0) is 31.5 Å². The summed E-state index contributed by atoms with van der Waals surface area (Å²) in [6, 6.07) is 11.7. The Morgan fingerprint density at radius 1 is 1.07 bits per heavy atom. The molecule has 0 fully saturated rings. The van der Waals surface area contributed by atoms with E-state index in [1.807, 2.05) is 0 Å². The number of ketones is 1. The third kappa shape index (κ3) is 2.74. The number of ether oxygens (including phenoxy) is 1. The van der Waals surface area contributed by atoms with E-state index >= 15 is 8.78 Å². The lowest BCUT2D eigenvalue weighted by Crippen LogP contribution is -2.57. The van der Waals surface area contributed by atoms with Crippen molar-refractivity contribution in [1.82, 2.24) is 0 Å². The molecule has 2 aromatic rings. The molecule has 1 aliphatic rings. The predicted octanol–water partition coefficient (Wildman–Crippen LogP) is 3.43. The Balaban J connectivity index is 2.24. The Morgan fingerprint density at radius 3 is 2.21 bits per heavy atom. The molecule has 0 N–H and O–H groups in total. The number of carbonyl (C=O) groups excluding carboxylic acids is 2. The van der Waals surface area contributed by atoms with Crippen molar-refractivity contribution in [2.75, 3.05) is 0 Å². The van der Waals surface area contributed by atoms with Gasteiger partial charge in [0.25, 0.3) is 0 Å². The molecular formula is C20H18F2O5S. The number of benzene rings is 2. The van der Waals surface area contributed by atoms with Crippen molar-refractivity contribution in [2.24, 2.45) is 5.41 Å². The first-order valence-corrected chi connectivity index (χ1v) is 10.1. The molecule has 0 spiro atoms. The highest BCUT2D eigenvalue weighted by atomic mass is 32.2. The lowest BCUT2D eigenvalue weighted by atomic mass is 9.83. The molecule has 0 aliphatic heterocycles. The van der Waals surface area contributed by atoms with Crippen molar-refractivity contribution in [3.05, 3.63) is 65.7 Å². The van der Waals surface area contributed by atoms with Crippen LogP contribution in [-0.4, -0.2) is 31.5 Å². The van der Waals surface area contributed by atoms with E-state index in [0.29, 0.717) is 0 Å². The monoisotopic (exact) mass is 408 g/mol. The van der Waals surface area contributed by atoms with Crippen LogP contribution >= 0.6 is 0 Å². The van der Waals surface area contributed by atoms with Crippen molar-refractivity contribution < 1.29 is 31.5 Å². The zero-order valence-electron chi connectivity index (χ0n) is 15.2. The fourth-order valence-corrected chi connectivity index (χ4v) is 4.82. The number of Topliss-reactive ketones (excluding diaryl/α,β-unsaturated/α-hetero) is 1. The van der Waals surface area contributed by atoms with Gasteiger partial charge in [-0.3, -0.25) is 9.59 Å². The third-order valence-corrected chi connectivity index (χ3v) is 6.60. The van der Waals surface area contributed by atoms with Gasteiger partial charge in [0.15, 0.2) is 5.78 Å². The Kier molecular flexibility index (Phi) is 4.87. The third-order valence-electron chi connectivity index (χ3n) is 4.68. The zero-order chi connectivity index (χ0) is 20.7. The summed E-state index contributed by atoms with van der Waals surface area (Å²) in [5, 5.41) is -4.72. The van der Waals surface area contributed by atoms with Crippen molar-refractivity contribution in [3.63, 3.8) is 0 Å². The first kappa shape index (κ1) is 20.1. The summed E-state index contributed by atoms with van der Waals surface area (Å²) >= 11 is 0. The van der Waals surface area contributed by atoms with Crippen LogP contribution in [0.3, 0.4) is 0 Å². The van der Waals surface area contributed by atoms with Crippen molar-refractivity contribution in [2.45, 2.75) is 36.5 Å². The van der Waals surface area contributed by atoms with E-state index in [1.54, 1.807) is 0 Å². The highest BCUT2D eigenvalue weighted by Crippen LogP contribution is 2.52. The fourth-order valence-electron chi connectivity index (χ4n) is 3.30. The number of halogens is 2. The maximum atomic E-state index is 15.7. The Hall–Kier alpha value is -2.61. The minimum Gasteiger partial charge on any atom is -0.462 e. The van der Waals surface area contributed by atoms with Crippen LogP contribution in [0.25, 0.3) is 0 Å². The van der Waals surface area contributed by atoms with Crippen molar-refractivity contribution in [3.8, 4) is 0 Å². The quantitative estimate of drug-likeness (QED) is 0.560. The van der Waals surface area contributed by atoms with Gasteiger partial charge in [0, 0.05) is 12.0 Å². The highest BCUT2D eigenvalue weighted by Gasteiger charge is 2.74. The number of hydrogen-bond donors (Lipinski definition) is 0. The standard InChI is InChI=1S/C20H18F2O5S/c1-13(2)27-18(24)19(12-14-8-6-7-11-16(14)17(19)23)20(21,22)28(25,26)15-9-4-3-5-10-15/h3-11,13H,12H2,1-2H3. The van der Waals surface area contributed by atoms with Crippen molar-refractivity contribution >= 4 is 21.6 Å². The van der Waals surface area contributed by atoms with Gasteiger partial charge in [0.05, 0.1) is 11.0 Å². The molecule has 0 heterocycles.